The molecule has 3 rings (SSSR count). The molecule has 17 heavy (non-hydrogen) atoms. The summed E-state index contributed by atoms with van der Waals surface area (Å²) in [5, 5.41) is 2.46. The van der Waals surface area contributed by atoms with Crippen LogP contribution in [0.15, 0.2) is 53.5 Å². The normalized spacial score (nSPS) is 12.7. The van der Waals surface area contributed by atoms with Crippen LogP contribution in [0, 0.1) is 0 Å². The molecule has 2 aromatic rings. The van der Waals surface area contributed by atoms with Gasteiger partial charge in [-0.15, -0.1) is 0 Å². The van der Waals surface area contributed by atoms with Crippen LogP contribution in [0.2, 0.25) is 0 Å². The summed E-state index contributed by atoms with van der Waals surface area (Å²) in [5.74, 6) is 0.331. The Hall–Kier alpha value is -1.76. The minimum atomic E-state index is 0.331. The number of hydrogen-bond acceptors (Lipinski definition) is 2. The molecule has 2 heteroatoms. The Bertz CT molecular complexity index is 566. The van der Waals surface area contributed by atoms with Crippen LogP contribution in [-0.2, 0) is 0 Å². The van der Waals surface area contributed by atoms with E-state index in [4.69, 9.17) is 0 Å². The highest BCUT2D eigenvalue weighted by molar-refractivity contribution is 7.78. The van der Waals surface area contributed by atoms with Crippen molar-refractivity contribution in [2.75, 3.05) is 6.54 Å². The predicted octanol–water partition coefficient (Wildman–Crippen LogP) is 3.90. The van der Waals surface area contributed by atoms with E-state index in [1.54, 1.807) is 0 Å². The summed E-state index contributed by atoms with van der Waals surface area (Å²) < 4.78 is 0. The van der Waals surface area contributed by atoms with Gasteiger partial charge in [-0.05, 0) is 34.5 Å². The molecule has 2 aromatic carbocycles. The summed E-state index contributed by atoms with van der Waals surface area (Å²) in [7, 11) is 0. The number of thiocarbonyl (C=S) groups is 1. The molecule has 0 aromatic heterocycles. The maximum Gasteiger partial charge on any atom is 0.0602 e. The van der Waals surface area contributed by atoms with Crippen LogP contribution in [0.1, 0.15) is 17.0 Å². The third kappa shape index (κ3) is 1.62. The number of benzene rings is 2. The fourth-order valence-corrected chi connectivity index (χ4v) is 2.66. The molecule has 0 amide bonds. The Labute approximate surface area is 106 Å². The first kappa shape index (κ1) is 10.4. The van der Waals surface area contributed by atoms with Crippen molar-refractivity contribution < 1.29 is 0 Å². The van der Waals surface area contributed by atoms with Gasteiger partial charge in [-0.3, -0.25) is 0 Å². The van der Waals surface area contributed by atoms with E-state index in [0.29, 0.717) is 12.5 Å². The Morgan fingerprint density at radius 3 is 2.00 bits per heavy atom. The van der Waals surface area contributed by atoms with E-state index in [1.807, 2.05) is 0 Å². The van der Waals surface area contributed by atoms with Gasteiger partial charge in [0.25, 0.3) is 0 Å². The van der Waals surface area contributed by atoms with Gasteiger partial charge in [0.05, 0.1) is 11.7 Å². The number of hydrogen-bond donors (Lipinski definition) is 0. The maximum absolute atomic E-state index is 4.67. The maximum atomic E-state index is 4.67. The quantitative estimate of drug-likeness (QED) is 0.570. The van der Waals surface area contributed by atoms with E-state index in [2.05, 4.69) is 70.9 Å². The molecule has 1 nitrogen and oxygen atoms in total. The topological polar surface area (TPSA) is 12.4 Å². The lowest BCUT2D eigenvalue weighted by Crippen LogP contribution is -2.00. The molecule has 1 aliphatic rings. The van der Waals surface area contributed by atoms with Crippen molar-refractivity contribution in [1.29, 1.82) is 0 Å². The highest BCUT2D eigenvalue weighted by Crippen LogP contribution is 2.44. The highest BCUT2D eigenvalue weighted by Gasteiger charge is 2.27. The standard InChI is InChI=1S/C15H11NS/c17-10-16-9-15-13-7-3-1-5-11(13)12-6-2-4-8-14(12)15/h1-8,15H,9H2. The molecule has 0 fully saturated rings. The van der Waals surface area contributed by atoms with Gasteiger partial charge in [0.15, 0.2) is 0 Å². The van der Waals surface area contributed by atoms with E-state index in [9.17, 15) is 0 Å². The number of fused-ring (bicyclic) bond motifs is 3. The molecule has 0 N–H and O–H groups in total. The second-order valence-corrected chi connectivity index (χ2v) is 4.34. The molecule has 82 valence electrons. The smallest absolute Gasteiger partial charge is 0.0602 e. The first-order valence-corrected chi connectivity index (χ1v) is 6.04. The fraction of sp³-hybridized carbons (Fsp3) is 0.133. The molecule has 0 radical (unpaired) electrons. The summed E-state index contributed by atoms with van der Waals surface area (Å²) in [6.07, 6.45) is 0. The van der Waals surface area contributed by atoms with Crippen molar-refractivity contribution in [2.45, 2.75) is 5.92 Å². The summed E-state index contributed by atoms with van der Waals surface area (Å²) >= 11 is 4.67. The number of nitrogens with zero attached hydrogens (tertiary/aromatic N) is 1. The van der Waals surface area contributed by atoms with Crippen LogP contribution in [0.4, 0.5) is 0 Å². The van der Waals surface area contributed by atoms with Crippen LogP contribution >= 0.6 is 12.2 Å². The van der Waals surface area contributed by atoms with Gasteiger partial charge in [-0.2, -0.15) is 0 Å². The highest BCUT2D eigenvalue weighted by atomic mass is 32.1. The second kappa shape index (κ2) is 4.25. The lowest BCUT2D eigenvalue weighted by Gasteiger charge is -2.09. The molecule has 1 aliphatic carbocycles. The predicted molar refractivity (Wildman–Crippen MR) is 73.6 cm³/mol. The van der Waals surface area contributed by atoms with Crippen molar-refractivity contribution in [3.8, 4) is 11.1 Å². The molecule has 0 aliphatic heterocycles. The average Bonchev–Trinajstić information content (AvgIpc) is 2.71. The van der Waals surface area contributed by atoms with Crippen LogP contribution in [0.5, 0.6) is 0 Å². The molecule has 0 heterocycles. The van der Waals surface area contributed by atoms with E-state index in [1.165, 1.54) is 22.3 Å². The SMILES string of the molecule is S=C=NCC1c2ccccc2-c2ccccc21. The van der Waals surface area contributed by atoms with Gasteiger partial charge in [0.1, 0.15) is 0 Å². The summed E-state index contributed by atoms with van der Waals surface area (Å²) in [6, 6.07) is 17.0. The largest absolute Gasteiger partial charge is 0.232 e. The van der Waals surface area contributed by atoms with Crippen molar-refractivity contribution in [2.24, 2.45) is 4.99 Å². The van der Waals surface area contributed by atoms with E-state index in [0.717, 1.165) is 0 Å². The monoisotopic (exact) mass is 237 g/mol. The summed E-state index contributed by atoms with van der Waals surface area (Å²) in [4.78, 5) is 4.12. The first-order valence-electron chi connectivity index (χ1n) is 5.63. The minimum Gasteiger partial charge on any atom is -0.232 e. The molecular formula is C15H11NS. The lowest BCUT2D eigenvalue weighted by atomic mass is 9.97. The second-order valence-electron chi connectivity index (χ2n) is 4.16. The third-order valence-electron chi connectivity index (χ3n) is 3.30. The van der Waals surface area contributed by atoms with E-state index in [-0.39, 0.29) is 0 Å². The molecule has 0 bridgehead atoms. The van der Waals surface area contributed by atoms with E-state index < -0.39 is 0 Å². The minimum absolute atomic E-state index is 0.331. The van der Waals surface area contributed by atoms with Gasteiger partial charge in [-0.25, -0.2) is 4.99 Å². The Balaban J connectivity index is 2.19. The number of aliphatic imine (C=N–C) groups is 1. The molecule has 0 atom stereocenters. The van der Waals surface area contributed by atoms with Gasteiger partial charge in [0.2, 0.25) is 0 Å². The van der Waals surface area contributed by atoms with Crippen LogP contribution < -0.4 is 0 Å². The van der Waals surface area contributed by atoms with Crippen molar-refractivity contribution in [1.82, 2.24) is 0 Å². The zero-order valence-corrected chi connectivity index (χ0v) is 10.1. The van der Waals surface area contributed by atoms with Crippen molar-refractivity contribution >= 4 is 17.4 Å². The lowest BCUT2D eigenvalue weighted by molar-refractivity contribution is 0.847. The molecular weight excluding hydrogens is 226 g/mol. The summed E-state index contributed by atoms with van der Waals surface area (Å²) in [5.41, 5.74) is 5.35. The van der Waals surface area contributed by atoms with Crippen LogP contribution in [0.3, 0.4) is 0 Å². The average molecular weight is 237 g/mol. The van der Waals surface area contributed by atoms with Crippen molar-refractivity contribution in [3.05, 3.63) is 59.7 Å². The Kier molecular flexibility index (Phi) is 2.60. The first-order chi connectivity index (χ1) is 8.42. The Morgan fingerprint density at radius 2 is 1.47 bits per heavy atom. The molecule has 0 spiro atoms. The zero-order chi connectivity index (χ0) is 11.7. The molecule has 0 unspecified atom stereocenters. The fourth-order valence-electron chi connectivity index (χ4n) is 2.59. The zero-order valence-electron chi connectivity index (χ0n) is 9.26. The van der Waals surface area contributed by atoms with Crippen molar-refractivity contribution in [3.63, 3.8) is 0 Å². The van der Waals surface area contributed by atoms with Gasteiger partial charge in [0, 0.05) is 5.92 Å². The van der Waals surface area contributed by atoms with Gasteiger partial charge in [-0.1, -0.05) is 48.5 Å². The Morgan fingerprint density at radius 1 is 0.941 bits per heavy atom. The third-order valence-corrected chi connectivity index (χ3v) is 3.43. The van der Waals surface area contributed by atoms with Gasteiger partial charge >= 0.3 is 0 Å². The number of rotatable bonds is 2. The molecule has 0 saturated heterocycles. The van der Waals surface area contributed by atoms with Crippen LogP contribution in [0.25, 0.3) is 11.1 Å². The molecule has 0 saturated carbocycles. The van der Waals surface area contributed by atoms with E-state index >= 15 is 0 Å². The number of isothiocyanates is 1. The van der Waals surface area contributed by atoms with Crippen LogP contribution in [-0.4, -0.2) is 11.7 Å². The summed E-state index contributed by atoms with van der Waals surface area (Å²) in [6.45, 7) is 0.692. The van der Waals surface area contributed by atoms with Gasteiger partial charge < -0.3 is 0 Å².